The molecule has 0 bridgehead atoms. The van der Waals surface area contributed by atoms with E-state index in [0.29, 0.717) is 11.2 Å². The van der Waals surface area contributed by atoms with Gasteiger partial charge in [0.2, 0.25) is 0 Å². The maximum absolute atomic E-state index is 9.78. The molecule has 0 aromatic heterocycles. The zero-order valence-electron chi connectivity index (χ0n) is 8.49. The van der Waals surface area contributed by atoms with Crippen molar-refractivity contribution in [3.05, 3.63) is 29.8 Å². The van der Waals surface area contributed by atoms with Gasteiger partial charge in [0.05, 0.1) is 0 Å². The van der Waals surface area contributed by atoms with Crippen molar-refractivity contribution in [3.63, 3.8) is 0 Å². The van der Waals surface area contributed by atoms with Gasteiger partial charge in [0.15, 0.2) is 0 Å². The summed E-state index contributed by atoms with van der Waals surface area (Å²) in [6.45, 7) is 2.19. The van der Waals surface area contributed by atoms with Gasteiger partial charge in [-0.2, -0.15) is 11.8 Å². The summed E-state index contributed by atoms with van der Waals surface area (Å²) in [6.07, 6.45) is 2.47. The van der Waals surface area contributed by atoms with Crippen molar-refractivity contribution in [2.24, 2.45) is 0 Å². The van der Waals surface area contributed by atoms with Crippen LogP contribution in [0, 0.1) is 0 Å². The fraction of sp³-hybridized carbons (Fsp3) is 0.500. The molecular weight excluding hydrogens is 192 g/mol. The number of phenolic OH excluding ortho intramolecular Hbond substituents is 1. The topological polar surface area (TPSA) is 20.2 Å². The van der Waals surface area contributed by atoms with E-state index < -0.39 is 0 Å². The predicted octanol–water partition coefficient (Wildman–Crippen LogP) is 3.18. The highest BCUT2D eigenvalue weighted by Crippen LogP contribution is 2.52. The molecule has 0 radical (unpaired) electrons. The number of para-hydroxylation sites is 1. The first-order valence-electron chi connectivity index (χ1n) is 5.15. The number of aromatic hydroxyl groups is 1. The molecular formula is C12H16OS. The van der Waals surface area contributed by atoms with Crippen molar-refractivity contribution in [3.8, 4) is 5.75 Å². The van der Waals surface area contributed by atoms with Gasteiger partial charge in [-0.15, -0.1) is 0 Å². The molecule has 2 heteroatoms. The number of benzene rings is 1. The molecule has 0 unspecified atom stereocenters. The second kappa shape index (κ2) is 3.85. The van der Waals surface area contributed by atoms with Crippen LogP contribution in [0.25, 0.3) is 0 Å². The third-order valence-electron chi connectivity index (χ3n) is 2.91. The molecule has 1 fully saturated rings. The van der Waals surface area contributed by atoms with Crippen LogP contribution in [0.5, 0.6) is 5.75 Å². The van der Waals surface area contributed by atoms with Crippen molar-refractivity contribution in [1.82, 2.24) is 0 Å². The molecule has 0 spiro atoms. The van der Waals surface area contributed by atoms with E-state index in [1.807, 2.05) is 23.9 Å². The molecule has 1 saturated carbocycles. The van der Waals surface area contributed by atoms with Crippen LogP contribution in [-0.2, 0) is 5.41 Å². The minimum Gasteiger partial charge on any atom is -0.508 e. The standard InChI is InChI=1S/C12H16OS/c1-2-14-9-12(7-8-12)10-5-3-4-6-11(10)13/h3-6,13H,2,7-9H2,1H3. The molecule has 2 rings (SSSR count). The van der Waals surface area contributed by atoms with Gasteiger partial charge in [-0.1, -0.05) is 25.1 Å². The van der Waals surface area contributed by atoms with Crippen LogP contribution in [0.3, 0.4) is 0 Å². The van der Waals surface area contributed by atoms with Gasteiger partial charge in [0, 0.05) is 16.7 Å². The fourth-order valence-corrected chi connectivity index (χ4v) is 2.90. The Hall–Kier alpha value is -0.630. The molecule has 1 aromatic rings. The normalized spacial score (nSPS) is 18.1. The lowest BCUT2D eigenvalue weighted by Gasteiger charge is -2.15. The molecule has 1 aromatic carbocycles. The van der Waals surface area contributed by atoms with Crippen LogP contribution in [0.1, 0.15) is 25.3 Å². The van der Waals surface area contributed by atoms with Crippen LogP contribution in [0.4, 0.5) is 0 Å². The Morgan fingerprint density at radius 3 is 2.64 bits per heavy atom. The predicted molar refractivity (Wildman–Crippen MR) is 62.0 cm³/mol. The van der Waals surface area contributed by atoms with Gasteiger partial charge in [-0.05, 0) is 24.7 Å². The molecule has 0 heterocycles. The van der Waals surface area contributed by atoms with E-state index in [4.69, 9.17) is 0 Å². The minimum atomic E-state index is 0.298. The second-order valence-corrected chi connectivity index (χ2v) is 5.21. The lowest BCUT2D eigenvalue weighted by atomic mass is 9.97. The highest BCUT2D eigenvalue weighted by molar-refractivity contribution is 7.99. The molecule has 76 valence electrons. The summed E-state index contributed by atoms with van der Waals surface area (Å²) < 4.78 is 0. The molecule has 1 N–H and O–H groups in total. The smallest absolute Gasteiger partial charge is 0.119 e. The second-order valence-electron chi connectivity index (χ2n) is 3.93. The van der Waals surface area contributed by atoms with Crippen molar-refractivity contribution in [1.29, 1.82) is 0 Å². The molecule has 0 saturated heterocycles. The molecule has 0 amide bonds. The van der Waals surface area contributed by atoms with Crippen LogP contribution >= 0.6 is 11.8 Å². The van der Waals surface area contributed by atoms with Gasteiger partial charge in [0.1, 0.15) is 5.75 Å². The molecule has 14 heavy (non-hydrogen) atoms. The molecule has 1 nitrogen and oxygen atoms in total. The van der Waals surface area contributed by atoms with E-state index in [0.717, 1.165) is 17.1 Å². The first kappa shape index (κ1) is 9.91. The first-order chi connectivity index (χ1) is 6.78. The quantitative estimate of drug-likeness (QED) is 0.820. The monoisotopic (exact) mass is 208 g/mol. The Labute approximate surface area is 89.5 Å². The van der Waals surface area contributed by atoms with E-state index >= 15 is 0 Å². The van der Waals surface area contributed by atoms with E-state index in [9.17, 15) is 5.11 Å². The Bertz CT molecular complexity index is 318. The van der Waals surface area contributed by atoms with E-state index in [-0.39, 0.29) is 0 Å². The first-order valence-corrected chi connectivity index (χ1v) is 6.30. The molecule has 1 aliphatic rings. The van der Waals surface area contributed by atoms with Crippen LogP contribution < -0.4 is 0 Å². The van der Waals surface area contributed by atoms with Crippen LogP contribution in [0.15, 0.2) is 24.3 Å². The zero-order valence-corrected chi connectivity index (χ0v) is 9.31. The van der Waals surface area contributed by atoms with Crippen molar-refractivity contribution < 1.29 is 5.11 Å². The van der Waals surface area contributed by atoms with Crippen LogP contribution in [0.2, 0.25) is 0 Å². The number of hydrogen-bond acceptors (Lipinski definition) is 2. The lowest BCUT2D eigenvalue weighted by molar-refractivity contribution is 0.462. The summed E-state index contributed by atoms with van der Waals surface area (Å²) in [4.78, 5) is 0. The number of rotatable bonds is 4. The maximum atomic E-state index is 9.78. The highest BCUT2D eigenvalue weighted by atomic mass is 32.2. The van der Waals surface area contributed by atoms with Gasteiger partial charge in [-0.25, -0.2) is 0 Å². The van der Waals surface area contributed by atoms with Crippen LogP contribution in [-0.4, -0.2) is 16.6 Å². The van der Waals surface area contributed by atoms with Gasteiger partial charge >= 0.3 is 0 Å². The summed E-state index contributed by atoms with van der Waals surface area (Å²) in [6, 6.07) is 7.78. The summed E-state index contributed by atoms with van der Waals surface area (Å²) in [5.74, 6) is 2.79. The largest absolute Gasteiger partial charge is 0.508 e. The van der Waals surface area contributed by atoms with E-state index in [1.54, 1.807) is 6.07 Å². The summed E-state index contributed by atoms with van der Waals surface area (Å²) in [5.41, 5.74) is 1.45. The minimum absolute atomic E-state index is 0.298. The summed E-state index contributed by atoms with van der Waals surface area (Å²) >= 11 is 1.97. The Morgan fingerprint density at radius 2 is 2.07 bits per heavy atom. The lowest BCUT2D eigenvalue weighted by Crippen LogP contribution is -2.10. The van der Waals surface area contributed by atoms with E-state index in [1.165, 1.54) is 12.8 Å². The summed E-state index contributed by atoms with van der Waals surface area (Å²) in [7, 11) is 0. The summed E-state index contributed by atoms with van der Waals surface area (Å²) in [5, 5.41) is 9.78. The third kappa shape index (κ3) is 1.76. The number of phenols is 1. The van der Waals surface area contributed by atoms with Crippen molar-refractivity contribution in [2.45, 2.75) is 25.2 Å². The Morgan fingerprint density at radius 1 is 1.36 bits per heavy atom. The Balaban J connectivity index is 2.18. The molecule has 0 aliphatic heterocycles. The fourth-order valence-electron chi connectivity index (χ4n) is 1.86. The van der Waals surface area contributed by atoms with Gasteiger partial charge < -0.3 is 5.11 Å². The SMILES string of the molecule is CCSCC1(c2ccccc2O)CC1. The number of hydrogen-bond donors (Lipinski definition) is 1. The zero-order chi connectivity index (χ0) is 10.0. The maximum Gasteiger partial charge on any atom is 0.119 e. The molecule has 0 atom stereocenters. The third-order valence-corrected chi connectivity index (χ3v) is 4.08. The van der Waals surface area contributed by atoms with Crippen molar-refractivity contribution >= 4 is 11.8 Å². The Kier molecular flexibility index (Phi) is 2.73. The van der Waals surface area contributed by atoms with Gasteiger partial charge in [0.25, 0.3) is 0 Å². The van der Waals surface area contributed by atoms with Crippen molar-refractivity contribution in [2.75, 3.05) is 11.5 Å². The average Bonchev–Trinajstić information content (AvgIpc) is 2.97. The number of thioether (sulfide) groups is 1. The average molecular weight is 208 g/mol. The highest BCUT2D eigenvalue weighted by Gasteiger charge is 2.45. The molecule has 1 aliphatic carbocycles. The van der Waals surface area contributed by atoms with E-state index in [2.05, 4.69) is 13.0 Å². The van der Waals surface area contributed by atoms with Gasteiger partial charge in [-0.3, -0.25) is 0 Å².